The van der Waals surface area contributed by atoms with Gasteiger partial charge in [0.1, 0.15) is 0 Å². The Morgan fingerprint density at radius 3 is 2.33 bits per heavy atom. The van der Waals surface area contributed by atoms with Gasteiger partial charge in [-0.05, 0) is 12.8 Å². The largest absolute Gasteiger partial charge is 0.323 e. The lowest BCUT2D eigenvalue weighted by Crippen LogP contribution is -2.43. The summed E-state index contributed by atoms with van der Waals surface area (Å²) in [5.74, 6) is -2.59. The Morgan fingerprint density at radius 1 is 1.33 bits per heavy atom. The van der Waals surface area contributed by atoms with E-state index in [-0.39, 0.29) is 6.42 Å². The van der Waals surface area contributed by atoms with E-state index in [1.807, 2.05) is 0 Å². The molecule has 0 aliphatic heterocycles. The Balaban J connectivity index is 2.49. The molecule has 1 atom stereocenters. The van der Waals surface area contributed by atoms with Crippen molar-refractivity contribution in [3.63, 3.8) is 0 Å². The summed E-state index contributed by atoms with van der Waals surface area (Å²) in [4.78, 5) is 0. The van der Waals surface area contributed by atoms with Crippen LogP contribution >= 0.6 is 0 Å². The minimum absolute atomic E-state index is 0.0197. The van der Waals surface area contributed by atoms with E-state index in [1.165, 1.54) is 0 Å². The molecule has 3 heteroatoms. The van der Waals surface area contributed by atoms with Gasteiger partial charge in [-0.1, -0.05) is 6.42 Å². The number of hydrogen-bond donors (Lipinski definition) is 1. The third kappa shape index (κ3) is 1.39. The van der Waals surface area contributed by atoms with Gasteiger partial charge in [-0.2, -0.15) is 0 Å². The van der Waals surface area contributed by atoms with Crippen molar-refractivity contribution >= 4 is 0 Å². The van der Waals surface area contributed by atoms with Crippen molar-refractivity contribution in [3.05, 3.63) is 0 Å². The molecule has 2 N–H and O–H groups in total. The molecule has 1 rings (SSSR count). The molecule has 0 spiro atoms. The molecule has 0 bridgehead atoms. The first-order chi connectivity index (χ1) is 4.13. The summed E-state index contributed by atoms with van der Waals surface area (Å²) in [7, 11) is 0. The zero-order valence-corrected chi connectivity index (χ0v) is 5.24. The van der Waals surface area contributed by atoms with Gasteiger partial charge >= 0.3 is 0 Å². The smallest absolute Gasteiger partial charge is 0.262 e. The third-order valence-electron chi connectivity index (χ3n) is 1.82. The Kier molecular flexibility index (Phi) is 1.70. The van der Waals surface area contributed by atoms with Crippen LogP contribution in [0.25, 0.3) is 0 Å². The van der Waals surface area contributed by atoms with Crippen molar-refractivity contribution < 1.29 is 8.78 Å². The van der Waals surface area contributed by atoms with Gasteiger partial charge in [0.2, 0.25) is 0 Å². The summed E-state index contributed by atoms with van der Waals surface area (Å²) >= 11 is 0. The topological polar surface area (TPSA) is 26.0 Å². The van der Waals surface area contributed by atoms with Crippen LogP contribution in [-0.4, -0.2) is 12.0 Å². The average molecular weight is 135 g/mol. The molecule has 0 amide bonds. The van der Waals surface area contributed by atoms with Crippen LogP contribution in [0.4, 0.5) is 8.78 Å². The van der Waals surface area contributed by atoms with E-state index in [0.717, 1.165) is 6.42 Å². The van der Waals surface area contributed by atoms with Gasteiger partial charge in [0.25, 0.3) is 5.92 Å². The summed E-state index contributed by atoms with van der Waals surface area (Å²) < 4.78 is 24.9. The molecular weight excluding hydrogens is 124 g/mol. The first kappa shape index (κ1) is 6.93. The number of alkyl halides is 2. The van der Waals surface area contributed by atoms with E-state index in [1.54, 1.807) is 0 Å². The monoisotopic (exact) mass is 135 g/mol. The van der Waals surface area contributed by atoms with Crippen LogP contribution in [0.3, 0.4) is 0 Å². The second kappa shape index (κ2) is 2.21. The van der Waals surface area contributed by atoms with Crippen LogP contribution in [0.2, 0.25) is 0 Å². The standard InChI is InChI=1S/C6H11F2N/c7-6(8)4-2-1-3-5(6)9/h5H,1-4,9H2/t5-/m1/s1. The fourth-order valence-corrected chi connectivity index (χ4v) is 1.12. The highest BCUT2D eigenvalue weighted by atomic mass is 19.3. The fourth-order valence-electron chi connectivity index (χ4n) is 1.12. The minimum Gasteiger partial charge on any atom is -0.323 e. The Morgan fingerprint density at radius 2 is 2.00 bits per heavy atom. The lowest BCUT2D eigenvalue weighted by atomic mass is 9.92. The number of nitrogens with two attached hydrogens (primary N) is 1. The Bertz CT molecular complexity index is 103. The predicted octanol–water partition coefficient (Wildman–Crippen LogP) is 1.52. The SMILES string of the molecule is N[C@@H]1CCCCC1(F)F. The van der Waals surface area contributed by atoms with Crippen LogP contribution in [0, 0.1) is 0 Å². The van der Waals surface area contributed by atoms with Gasteiger partial charge in [-0.3, -0.25) is 0 Å². The van der Waals surface area contributed by atoms with Gasteiger partial charge < -0.3 is 5.73 Å². The maximum Gasteiger partial charge on any atom is 0.262 e. The number of halogens is 2. The van der Waals surface area contributed by atoms with Gasteiger partial charge in [0, 0.05) is 6.42 Å². The molecule has 1 aliphatic rings. The Hall–Kier alpha value is -0.180. The van der Waals surface area contributed by atoms with Gasteiger partial charge in [0.05, 0.1) is 6.04 Å². The van der Waals surface area contributed by atoms with Gasteiger partial charge in [-0.25, -0.2) is 8.78 Å². The molecule has 1 aliphatic carbocycles. The van der Waals surface area contributed by atoms with Gasteiger partial charge in [-0.15, -0.1) is 0 Å². The van der Waals surface area contributed by atoms with Crippen LogP contribution in [0.15, 0.2) is 0 Å². The molecule has 0 radical (unpaired) electrons. The van der Waals surface area contributed by atoms with E-state index in [0.29, 0.717) is 12.8 Å². The molecule has 0 aromatic rings. The lowest BCUT2D eigenvalue weighted by molar-refractivity contribution is -0.0514. The van der Waals surface area contributed by atoms with E-state index >= 15 is 0 Å². The van der Waals surface area contributed by atoms with Crippen LogP contribution in [0.5, 0.6) is 0 Å². The molecule has 0 heterocycles. The second-order valence-corrected chi connectivity index (χ2v) is 2.61. The molecule has 0 aromatic carbocycles. The summed E-state index contributed by atoms with van der Waals surface area (Å²) in [6, 6.07) is -0.883. The molecule has 1 saturated carbocycles. The summed E-state index contributed by atoms with van der Waals surface area (Å²) in [6.07, 6.45) is 1.94. The van der Waals surface area contributed by atoms with Crippen molar-refractivity contribution in [3.8, 4) is 0 Å². The van der Waals surface area contributed by atoms with Crippen LogP contribution < -0.4 is 5.73 Å². The molecule has 1 fully saturated rings. The van der Waals surface area contributed by atoms with Crippen molar-refractivity contribution in [2.75, 3.05) is 0 Å². The maximum atomic E-state index is 12.5. The van der Waals surface area contributed by atoms with Crippen LogP contribution in [-0.2, 0) is 0 Å². The van der Waals surface area contributed by atoms with Crippen LogP contribution in [0.1, 0.15) is 25.7 Å². The predicted molar refractivity (Wildman–Crippen MR) is 31.4 cm³/mol. The van der Waals surface area contributed by atoms with Crippen molar-refractivity contribution in [1.29, 1.82) is 0 Å². The summed E-state index contributed by atoms with van der Waals surface area (Å²) in [5, 5.41) is 0. The van der Waals surface area contributed by atoms with Crippen molar-refractivity contribution in [2.45, 2.75) is 37.6 Å². The zero-order chi connectivity index (χ0) is 6.91. The van der Waals surface area contributed by atoms with E-state index in [9.17, 15) is 8.78 Å². The summed E-state index contributed by atoms with van der Waals surface area (Å²) in [6.45, 7) is 0. The fraction of sp³-hybridized carbons (Fsp3) is 1.00. The van der Waals surface area contributed by atoms with E-state index in [4.69, 9.17) is 5.73 Å². The first-order valence-electron chi connectivity index (χ1n) is 3.26. The van der Waals surface area contributed by atoms with Crippen molar-refractivity contribution in [2.24, 2.45) is 5.73 Å². The van der Waals surface area contributed by atoms with Gasteiger partial charge in [0.15, 0.2) is 0 Å². The maximum absolute atomic E-state index is 12.5. The van der Waals surface area contributed by atoms with E-state index < -0.39 is 12.0 Å². The molecule has 1 nitrogen and oxygen atoms in total. The zero-order valence-electron chi connectivity index (χ0n) is 5.24. The third-order valence-corrected chi connectivity index (χ3v) is 1.82. The normalized spacial score (nSPS) is 34.3. The summed E-state index contributed by atoms with van der Waals surface area (Å²) in [5.41, 5.74) is 5.16. The molecule has 0 saturated heterocycles. The highest BCUT2D eigenvalue weighted by Gasteiger charge is 2.38. The molecule has 9 heavy (non-hydrogen) atoms. The highest BCUT2D eigenvalue weighted by Crippen LogP contribution is 2.31. The minimum atomic E-state index is -2.59. The number of rotatable bonds is 0. The average Bonchev–Trinajstić information content (AvgIpc) is 1.77. The molecule has 54 valence electrons. The Labute approximate surface area is 53.2 Å². The molecule has 0 unspecified atom stereocenters. The molecule has 0 aromatic heterocycles. The van der Waals surface area contributed by atoms with E-state index in [2.05, 4.69) is 0 Å². The lowest BCUT2D eigenvalue weighted by Gasteiger charge is -2.27. The quantitative estimate of drug-likeness (QED) is 0.535. The van der Waals surface area contributed by atoms with Crippen molar-refractivity contribution in [1.82, 2.24) is 0 Å². The molecular formula is C6H11F2N. The first-order valence-corrected chi connectivity index (χ1v) is 3.26. The number of hydrogen-bond acceptors (Lipinski definition) is 1. The highest BCUT2D eigenvalue weighted by molar-refractivity contribution is 4.84. The second-order valence-electron chi connectivity index (χ2n) is 2.61.